The van der Waals surface area contributed by atoms with Crippen LogP contribution in [-0.4, -0.2) is 36.2 Å². The molecule has 25 heavy (non-hydrogen) atoms. The maximum absolute atomic E-state index is 11.3. The van der Waals surface area contributed by atoms with Crippen LogP contribution in [0.15, 0.2) is 48.5 Å². The number of aliphatic carboxylic acids is 1. The van der Waals surface area contributed by atoms with Gasteiger partial charge < -0.3 is 9.84 Å². The Balaban J connectivity index is 1.97. The number of methoxy groups -OCH3 is 1. The first-order chi connectivity index (χ1) is 12.1. The second-order valence-electron chi connectivity index (χ2n) is 6.71. The highest BCUT2D eigenvalue weighted by molar-refractivity contribution is 5.70. The van der Waals surface area contributed by atoms with Crippen LogP contribution in [0.3, 0.4) is 0 Å². The van der Waals surface area contributed by atoms with E-state index in [1.54, 1.807) is 7.11 Å². The van der Waals surface area contributed by atoms with Crippen molar-refractivity contribution in [1.82, 2.24) is 4.90 Å². The first kappa shape index (κ1) is 17.5. The molecule has 0 amide bonds. The molecule has 1 fully saturated rings. The molecule has 0 saturated carbocycles. The molecular weight excluding hydrogens is 314 g/mol. The lowest BCUT2D eigenvalue weighted by Gasteiger charge is -2.37. The Morgan fingerprint density at radius 2 is 1.88 bits per heavy atom. The number of ether oxygens (including phenoxy) is 1. The van der Waals surface area contributed by atoms with E-state index in [-0.39, 0.29) is 12.0 Å². The molecule has 1 aliphatic heterocycles. The number of aryl methyl sites for hydroxylation is 1. The van der Waals surface area contributed by atoms with E-state index >= 15 is 0 Å². The van der Waals surface area contributed by atoms with E-state index in [0.29, 0.717) is 12.8 Å². The van der Waals surface area contributed by atoms with Crippen LogP contribution in [0.4, 0.5) is 0 Å². The molecule has 2 aromatic carbocycles. The third-order valence-corrected chi connectivity index (χ3v) is 5.04. The van der Waals surface area contributed by atoms with E-state index < -0.39 is 5.97 Å². The smallest absolute Gasteiger partial charge is 0.306 e. The number of piperidine rings is 1. The van der Waals surface area contributed by atoms with Gasteiger partial charge in [0.1, 0.15) is 5.75 Å². The lowest BCUT2D eigenvalue weighted by atomic mass is 9.90. The number of hydrogen-bond acceptors (Lipinski definition) is 3. The summed E-state index contributed by atoms with van der Waals surface area (Å²) in [5.74, 6) is -0.0366. The lowest BCUT2D eigenvalue weighted by Crippen LogP contribution is -2.39. The van der Waals surface area contributed by atoms with Crippen molar-refractivity contribution < 1.29 is 14.6 Å². The number of rotatable bonds is 5. The largest absolute Gasteiger partial charge is 0.496 e. The van der Waals surface area contributed by atoms with Crippen LogP contribution < -0.4 is 4.74 Å². The van der Waals surface area contributed by atoms with Gasteiger partial charge in [-0.15, -0.1) is 0 Å². The molecule has 0 radical (unpaired) electrons. The van der Waals surface area contributed by atoms with Crippen LogP contribution >= 0.6 is 0 Å². The molecule has 4 nitrogen and oxygen atoms in total. The summed E-state index contributed by atoms with van der Waals surface area (Å²) in [5.41, 5.74) is 3.57. The summed E-state index contributed by atoms with van der Waals surface area (Å²) in [6.45, 7) is 3.64. The Bertz CT molecular complexity index is 735. The monoisotopic (exact) mass is 339 g/mol. The van der Waals surface area contributed by atoms with Crippen molar-refractivity contribution in [2.75, 3.05) is 20.2 Å². The Hall–Kier alpha value is -2.33. The van der Waals surface area contributed by atoms with Gasteiger partial charge in [-0.05, 0) is 44.5 Å². The van der Waals surface area contributed by atoms with E-state index in [2.05, 4.69) is 42.2 Å². The lowest BCUT2D eigenvalue weighted by molar-refractivity contribution is -0.143. The van der Waals surface area contributed by atoms with Crippen molar-refractivity contribution >= 4 is 5.97 Å². The molecule has 0 aromatic heterocycles. The van der Waals surface area contributed by atoms with E-state index in [0.717, 1.165) is 24.4 Å². The predicted molar refractivity (Wildman–Crippen MR) is 97.9 cm³/mol. The number of nitrogens with zero attached hydrogens (tertiary/aromatic N) is 1. The molecule has 2 aromatic rings. The Morgan fingerprint density at radius 3 is 2.52 bits per heavy atom. The van der Waals surface area contributed by atoms with Gasteiger partial charge in [0.25, 0.3) is 0 Å². The fraction of sp³-hybridized carbons (Fsp3) is 0.381. The van der Waals surface area contributed by atoms with Gasteiger partial charge in [-0.3, -0.25) is 9.69 Å². The van der Waals surface area contributed by atoms with Gasteiger partial charge in [0.05, 0.1) is 19.1 Å². The summed E-state index contributed by atoms with van der Waals surface area (Å²) in [4.78, 5) is 13.7. The first-order valence-corrected chi connectivity index (χ1v) is 8.76. The summed E-state index contributed by atoms with van der Waals surface area (Å²) in [5, 5.41) is 9.28. The summed E-state index contributed by atoms with van der Waals surface area (Å²) in [6.07, 6.45) is 1.37. The molecule has 1 unspecified atom stereocenters. The second kappa shape index (κ2) is 7.70. The van der Waals surface area contributed by atoms with Crippen molar-refractivity contribution in [3.63, 3.8) is 0 Å². The van der Waals surface area contributed by atoms with E-state index in [4.69, 9.17) is 4.74 Å². The molecule has 4 heteroatoms. The molecule has 1 saturated heterocycles. The maximum Gasteiger partial charge on any atom is 0.306 e. The Kier molecular flexibility index (Phi) is 5.39. The molecule has 0 aliphatic carbocycles. The van der Waals surface area contributed by atoms with Gasteiger partial charge in [0.2, 0.25) is 0 Å². The zero-order valence-corrected chi connectivity index (χ0v) is 14.8. The number of carboxylic acid groups (broad SMARTS) is 1. The van der Waals surface area contributed by atoms with E-state index in [1.165, 1.54) is 11.1 Å². The van der Waals surface area contributed by atoms with E-state index in [1.807, 2.05) is 18.2 Å². The van der Waals surface area contributed by atoms with Gasteiger partial charge in [-0.25, -0.2) is 0 Å². The molecule has 1 N–H and O–H groups in total. The zero-order valence-electron chi connectivity index (χ0n) is 14.8. The molecule has 132 valence electrons. The standard InChI is InChI=1S/C21H25NO3/c1-15-6-5-7-17(14-15)20(18-8-3-4-9-19(18)25-2)22-12-10-16(11-13-22)21(23)24/h3-9,14,16,20H,10-13H2,1-2H3,(H,23,24). The molecule has 1 aliphatic rings. The summed E-state index contributed by atoms with van der Waals surface area (Å²) in [7, 11) is 1.70. The fourth-order valence-electron chi connectivity index (χ4n) is 3.72. The van der Waals surface area contributed by atoms with Crippen LogP contribution in [-0.2, 0) is 4.79 Å². The first-order valence-electron chi connectivity index (χ1n) is 8.76. The highest BCUT2D eigenvalue weighted by Gasteiger charge is 2.31. The van der Waals surface area contributed by atoms with Crippen LogP contribution in [0.25, 0.3) is 0 Å². The summed E-state index contributed by atoms with van der Waals surface area (Å²) < 4.78 is 5.61. The quantitative estimate of drug-likeness (QED) is 0.898. The molecule has 3 rings (SSSR count). The minimum atomic E-state index is -0.677. The van der Waals surface area contributed by atoms with Crippen LogP contribution in [0.1, 0.15) is 35.6 Å². The normalized spacial score (nSPS) is 17.2. The van der Waals surface area contributed by atoms with Gasteiger partial charge in [0, 0.05) is 5.56 Å². The minimum Gasteiger partial charge on any atom is -0.496 e. The van der Waals surface area contributed by atoms with Gasteiger partial charge in [-0.1, -0.05) is 48.0 Å². The van der Waals surface area contributed by atoms with Crippen LogP contribution in [0.2, 0.25) is 0 Å². The maximum atomic E-state index is 11.3. The van der Waals surface area contributed by atoms with Gasteiger partial charge >= 0.3 is 5.97 Å². The minimum absolute atomic E-state index is 0.0748. The van der Waals surface area contributed by atoms with Crippen LogP contribution in [0.5, 0.6) is 5.75 Å². The fourth-order valence-corrected chi connectivity index (χ4v) is 3.72. The van der Waals surface area contributed by atoms with Crippen LogP contribution in [0, 0.1) is 12.8 Å². The number of para-hydroxylation sites is 1. The number of carboxylic acids is 1. The van der Waals surface area contributed by atoms with Crippen molar-refractivity contribution in [1.29, 1.82) is 0 Å². The summed E-state index contributed by atoms with van der Waals surface area (Å²) in [6, 6.07) is 16.7. The third kappa shape index (κ3) is 3.85. The Labute approximate surface area is 149 Å². The molecule has 0 spiro atoms. The van der Waals surface area contributed by atoms with Crippen molar-refractivity contribution in [2.24, 2.45) is 5.92 Å². The van der Waals surface area contributed by atoms with Crippen molar-refractivity contribution in [3.8, 4) is 5.75 Å². The van der Waals surface area contributed by atoms with E-state index in [9.17, 15) is 9.90 Å². The Morgan fingerprint density at radius 1 is 1.16 bits per heavy atom. The van der Waals surface area contributed by atoms with Gasteiger partial charge in [-0.2, -0.15) is 0 Å². The van der Waals surface area contributed by atoms with Crippen molar-refractivity contribution in [2.45, 2.75) is 25.8 Å². The number of benzene rings is 2. The molecule has 1 heterocycles. The van der Waals surface area contributed by atoms with Gasteiger partial charge in [0.15, 0.2) is 0 Å². The summed E-state index contributed by atoms with van der Waals surface area (Å²) >= 11 is 0. The second-order valence-corrected chi connectivity index (χ2v) is 6.71. The number of carbonyl (C=O) groups is 1. The SMILES string of the molecule is COc1ccccc1C(c1cccc(C)c1)N1CCC(C(=O)O)CC1. The average Bonchev–Trinajstić information content (AvgIpc) is 2.63. The molecular formula is C21H25NO3. The third-order valence-electron chi connectivity index (χ3n) is 5.04. The predicted octanol–water partition coefficient (Wildman–Crippen LogP) is 3.89. The highest BCUT2D eigenvalue weighted by Crippen LogP contribution is 2.37. The average molecular weight is 339 g/mol. The number of hydrogen-bond donors (Lipinski definition) is 1. The zero-order chi connectivity index (χ0) is 17.8. The highest BCUT2D eigenvalue weighted by atomic mass is 16.5. The molecule has 0 bridgehead atoms. The topological polar surface area (TPSA) is 49.8 Å². The van der Waals surface area contributed by atoms with Crippen molar-refractivity contribution in [3.05, 3.63) is 65.2 Å². The number of likely N-dealkylation sites (tertiary alicyclic amines) is 1. The molecule has 1 atom stereocenters.